The van der Waals surface area contributed by atoms with Crippen molar-refractivity contribution in [2.24, 2.45) is 5.41 Å². The van der Waals surface area contributed by atoms with Gasteiger partial charge in [0.2, 0.25) is 0 Å². The molecule has 1 saturated carbocycles. The quantitative estimate of drug-likeness (QED) is 0.802. The molecule has 3 nitrogen and oxygen atoms in total. The highest BCUT2D eigenvalue weighted by molar-refractivity contribution is 5.92. The molecule has 0 bridgehead atoms. The lowest BCUT2D eigenvalue weighted by Gasteiger charge is -2.29. The van der Waals surface area contributed by atoms with Crippen LogP contribution in [0, 0.1) is 5.41 Å². The molecule has 1 aliphatic rings. The molecule has 1 aliphatic carbocycles. The summed E-state index contributed by atoms with van der Waals surface area (Å²) < 4.78 is 0. The van der Waals surface area contributed by atoms with E-state index in [0.29, 0.717) is 11.5 Å². The van der Waals surface area contributed by atoms with Crippen molar-refractivity contribution in [1.82, 2.24) is 4.98 Å². The zero-order chi connectivity index (χ0) is 13.5. The Kier molecular flexibility index (Phi) is 2.85. The molecule has 3 N–H and O–H groups in total. The summed E-state index contributed by atoms with van der Waals surface area (Å²) in [4.78, 5) is 4.39. The first-order valence-corrected chi connectivity index (χ1v) is 6.97. The van der Waals surface area contributed by atoms with Gasteiger partial charge in [0.25, 0.3) is 0 Å². The average molecular weight is 255 g/mol. The smallest absolute Gasteiger partial charge is 0.0743 e. The van der Waals surface area contributed by atoms with Gasteiger partial charge in [0.05, 0.1) is 5.52 Å². The zero-order valence-electron chi connectivity index (χ0n) is 11.6. The van der Waals surface area contributed by atoms with E-state index >= 15 is 0 Å². The van der Waals surface area contributed by atoms with E-state index in [-0.39, 0.29) is 0 Å². The number of rotatable bonds is 2. The van der Waals surface area contributed by atoms with Crippen LogP contribution in [-0.2, 0) is 0 Å². The average Bonchev–Trinajstić information content (AvgIpc) is 2.69. The molecule has 0 amide bonds. The molecule has 1 fully saturated rings. The van der Waals surface area contributed by atoms with Crippen molar-refractivity contribution in [2.45, 2.75) is 39.2 Å². The summed E-state index contributed by atoms with van der Waals surface area (Å²) in [7, 11) is 0. The van der Waals surface area contributed by atoms with E-state index in [9.17, 15) is 0 Å². The van der Waals surface area contributed by atoms with Gasteiger partial charge >= 0.3 is 0 Å². The fourth-order valence-electron chi connectivity index (χ4n) is 3.07. The van der Waals surface area contributed by atoms with Crippen molar-refractivity contribution < 1.29 is 0 Å². The second-order valence-corrected chi connectivity index (χ2v) is 6.21. The number of nitrogens with zero attached hydrogens (tertiary/aromatic N) is 1. The second kappa shape index (κ2) is 4.41. The number of benzene rings is 1. The van der Waals surface area contributed by atoms with Crippen molar-refractivity contribution in [2.75, 3.05) is 11.1 Å². The van der Waals surface area contributed by atoms with E-state index in [2.05, 4.69) is 36.3 Å². The fourth-order valence-corrected chi connectivity index (χ4v) is 3.07. The monoisotopic (exact) mass is 255 g/mol. The summed E-state index contributed by atoms with van der Waals surface area (Å²) in [6.45, 7) is 4.69. The normalized spacial score (nSPS) is 21.7. The Morgan fingerprint density at radius 3 is 2.89 bits per heavy atom. The molecule has 2 aromatic rings. The van der Waals surface area contributed by atoms with Crippen LogP contribution in [-0.4, -0.2) is 11.0 Å². The molecule has 3 rings (SSSR count). The number of nitrogens with two attached hydrogens (primary N) is 1. The van der Waals surface area contributed by atoms with E-state index in [1.54, 1.807) is 0 Å². The lowest BCUT2D eigenvalue weighted by molar-refractivity contribution is 0.350. The van der Waals surface area contributed by atoms with Crippen LogP contribution in [0.3, 0.4) is 0 Å². The maximum atomic E-state index is 5.82. The molecule has 0 spiro atoms. The van der Waals surface area contributed by atoms with Crippen LogP contribution >= 0.6 is 0 Å². The maximum absolute atomic E-state index is 5.82. The van der Waals surface area contributed by atoms with Crippen LogP contribution in [0.15, 0.2) is 30.5 Å². The van der Waals surface area contributed by atoms with Crippen molar-refractivity contribution in [1.29, 1.82) is 0 Å². The van der Waals surface area contributed by atoms with Gasteiger partial charge in [-0.15, -0.1) is 0 Å². The molecule has 1 atom stereocenters. The molecule has 1 unspecified atom stereocenters. The van der Waals surface area contributed by atoms with Gasteiger partial charge in [-0.1, -0.05) is 20.3 Å². The van der Waals surface area contributed by atoms with Gasteiger partial charge in [0.1, 0.15) is 0 Å². The zero-order valence-corrected chi connectivity index (χ0v) is 11.6. The minimum atomic E-state index is 0.364. The third kappa shape index (κ3) is 2.25. The highest BCUT2D eigenvalue weighted by atomic mass is 15.0. The summed E-state index contributed by atoms with van der Waals surface area (Å²) >= 11 is 0. The lowest BCUT2D eigenvalue weighted by atomic mass is 9.87. The van der Waals surface area contributed by atoms with Gasteiger partial charge < -0.3 is 11.1 Å². The van der Waals surface area contributed by atoms with Crippen LogP contribution in [0.2, 0.25) is 0 Å². The van der Waals surface area contributed by atoms with E-state index in [1.165, 1.54) is 24.9 Å². The molecular weight excluding hydrogens is 234 g/mol. The van der Waals surface area contributed by atoms with Gasteiger partial charge in [0.15, 0.2) is 0 Å². The van der Waals surface area contributed by atoms with E-state index < -0.39 is 0 Å². The standard InChI is InChI=1S/C16H21N3/c1-16(2)8-3-4-15(16)19-13-7-9-18-14-10-11(17)5-6-12(13)14/h5-7,9-10,15H,3-4,8,17H2,1-2H3,(H,18,19). The molecule has 1 aromatic heterocycles. The van der Waals surface area contributed by atoms with Crippen LogP contribution in [0.25, 0.3) is 10.9 Å². The Bertz CT molecular complexity index is 604. The summed E-state index contributed by atoms with van der Waals surface area (Å²) in [6, 6.07) is 8.53. The van der Waals surface area contributed by atoms with Gasteiger partial charge in [-0.05, 0) is 42.5 Å². The van der Waals surface area contributed by atoms with Crippen molar-refractivity contribution in [3.05, 3.63) is 30.5 Å². The number of aromatic nitrogens is 1. The Morgan fingerprint density at radius 2 is 2.16 bits per heavy atom. The molecule has 1 heterocycles. The van der Waals surface area contributed by atoms with E-state index in [0.717, 1.165) is 16.6 Å². The van der Waals surface area contributed by atoms with Crippen molar-refractivity contribution in [3.63, 3.8) is 0 Å². The predicted molar refractivity (Wildman–Crippen MR) is 81.2 cm³/mol. The van der Waals surface area contributed by atoms with Crippen LogP contribution in [0.4, 0.5) is 11.4 Å². The highest BCUT2D eigenvalue weighted by Crippen LogP contribution is 2.39. The van der Waals surface area contributed by atoms with Crippen LogP contribution in [0.5, 0.6) is 0 Å². The van der Waals surface area contributed by atoms with Crippen LogP contribution in [0.1, 0.15) is 33.1 Å². The number of nitrogen functional groups attached to an aromatic ring is 1. The van der Waals surface area contributed by atoms with Crippen molar-refractivity contribution in [3.8, 4) is 0 Å². The molecule has 100 valence electrons. The molecule has 0 radical (unpaired) electrons. The molecule has 1 aromatic carbocycles. The number of nitrogens with one attached hydrogen (secondary N) is 1. The fraction of sp³-hybridized carbons (Fsp3) is 0.438. The summed E-state index contributed by atoms with van der Waals surface area (Å²) in [5.41, 5.74) is 9.08. The van der Waals surface area contributed by atoms with E-state index in [4.69, 9.17) is 5.73 Å². The van der Waals surface area contributed by atoms with E-state index in [1.807, 2.05) is 18.3 Å². The number of pyridine rings is 1. The topological polar surface area (TPSA) is 50.9 Å². The Hall–Kier alpha value is -1.77. The Morgan fingerprint density at radius 1 is 1.32 bits per heavy atom. The van der Waals surface area contributed by atoms with Gasteiger partial charge in [-0.3, -0.25) is 4.98 Å². The summed E-state index contributed by atoms with van der Waals surface area (Å²) in [5, 5.41) is 4.86. The van der Waals surface area contributed by atoms with Gasteiger partial charge in [-0.25, -0.2) is 0 Å². The first kappa shape index (κ1) is 12.3. The minimum Gasteiger partial charge on any atom is -0.399 e. The second-order valence-electron chi connectivity index (χ2n) is 6.21. The highest BCUT2D eigenvalue weighted by Gasteiger charge is 2.34. The van der Waals surface area contributed by atoms with Gasteiger partial charge in [-0.2, -0.15) is 0 Å². The summed E-state index contributed by atoms with van der Waals surface area (Å²) in [5.74, 6) is 0. The molecule has 0 aliphatic heterocycles. The Labute approximate surface area is 114 Å². The molecule has 19 heavy (non-hydrogen) atoms. The first-order chi connectivity index (χ1) is 9.06. The molecule has 3 heteroatoms. The number of anilines is 2. The number of hydrogen-bond acceptors (Lipinski definition) is 3. The minimum absolute atomic E-state index is 0.364. The SMILES string of the molecule is CC1(C)CCCC1Nc1ccnc2cc(N)ccc12. The third-order valence-electron chi connectivity index (χ3n) is 4.35. The third-order valence-corrected chi connectivity index (χ3v) is 4.35. The van der Waals surface area contributed by atoms with Crippen LogP contribution < -0.4 is 11.1 Å². The molecular formula is C16H21N3. The van der Waals surface area contributed by atoms with Crippen molar-refractivity contribution >= 4 is 22.3 Å². The Balaban J connectivity index is 1.97. The maximum Gasteiger partial charge on any atom is 0.0743 e. The molecule has 0 saturated heterocycles. The summed E-state index contributed by atoms with van der Waals surface area (Å²) in [6.07, 6.45) is 5.69. The largest absolute Gasteiger partial charge is 0.399 e. The van der Waals surface area contributed by atoms with Gasteiger partial charge in [0, 0.05) is 29.0 Å². The number of hydrogen-bond donors (Lipinski definition) is 2. The first-order valence-electron chi connectivity index (χ1n) is 6.97. The predicted octanol–water partition coefficient (Wildman–Crippen LogP) is 3.81. The number of fused-ring (bicyclic) bond motifs is 1. The lowest BCUT2D eigenvalue weighted by Crippen LogP contribution is -2.30.